The standard InChI is InChI=1S/C13H19N3OS2/c1-8(7-19(2)17)15-13-10(12(14)18)6-9-4-3-5-11(9)16-13/h6,8H,3-5,7H2,1-2H3,(H2,14,18)(H,15,16). The number of pyridine rings is 1. The number of thiocarbonyl (C=S) groups is 1. The molecule has 0 fully saturated rings. The summed E-state index contributed by atoms with van der Waals surface area (Å²) in [5, 5.41) is 3.28. The molecule has 1 aromatic heterocycles. The molecule has 2 rings (SSSR count). The van der Waals surface area contributed by atoms with Crippen LogP contribution in [-0.4, -0.2) is 32.2 Å². The summed E-state index contributed by atoms with van der Waals surface area (Å²) in [7, 11) is -0.840. The second-order valence-electron chi connectivity index (χ2n) is 4.99. The van der Waals surface area contributed by atoms with Crippen LogP contribution >= 0.6 is 12.2 Å². The lowest BCUT2D eigenvalue weighted by atomic mass is 10.1. The number of aryl methyl sites for hydroxylation is 2. The second-order valence-corrected chi connectivity index (χ2v) is 6.91. The van der Waals surface area contributed by atoms with Crippen LogP contribution < -0.4 is 11.1 Å². The summed E-state index contributed by atoms with van der Waals surface area (Å²) in [5.74, 6) is 1.31. The lowest BCUT2D eigenvalue weighted by Crippen LogP contribution is -2.25. The van der Waals surface area contributed by atoms with Gasteiger partial charge in [0, 0.05) is 34.5 Å². The molecule has 0 amide bonds. The molecule has 1 aromatic rings. The molecule has 1 heterocycles. The van der Waals surface area contributed by atoms with Crippen LogP contribution in [0, 0.1) is 0 Å². The third-order valence-corrected chi connectivity index (χ3v) is 4.37. The van der Waals surface area contributed by atoms with Gasteiger partial charge in [-0.1, -0.05) is 12.2 Å². The van der Waals surface area contributed by atoms with Crippen LogP contribution in [0.2, 0.25) is 0 Å². The van der Waals surface area contributed by atoms with Gasteiger partial charge in [0.15, 0.2) is 0 Å². The van der Waals surface area contributed by atoms with Crippen molar-refractivity contribution >= 4 is 33.8 Å². The fourth-order valence-electron chi connectivity index (χ4n) is 2.40. The Morgan fingerprint density at radius 1 is 1.63 bits per heavy atom. The van der Waals surface area contributed by atoms with Gasteiger partial charge in [-0.15, -0.1) is 0 Å². The Morgan fingerprint density at radius 2 is 2.37 bits per heavy atom. The van der Waals surface area contributed by atoms with Crippen LogP contribution in [0.3, 0.4) is 0 Å². The molecule has 104 valence electrons. The largest absolute Gasteiger partial charge is 0.389 e. The molecule has 0 saturated heterocycles. The quantitative estimate of drug-likeness (QED) is 0.804. The summed E-state index contributed by atoms with van der Waals surface area (Å²) >= 11 is 5.10. The summed E-state index contributed by atoms with van der Waals surface area (Å²) in [5.41, 5.74) is 8.95. The van der Waals surface area contributed by atoms with Crippen LogP contribution in [0.1, 0.15) is 30.2 Å². The number of nitrogens with two attached hydrogens (primary N) is 1. The minimum absolute atomic E-state index is 0.0749. The maximum atomic E-state index is 11.3. The zero-order chi connectivity index (χ0) is 14.0. The number of fused-ring (bicyclic) bond motifs is 1. The third kappa shape index (κ3) is 3.51. The predicted octanol–water partition coefficient (Wildman–Crippen LogP) is 1.38. The summed E-state index contributed by atoms with van der Waals surface area (Å²) in [6.07, 6.45) is 4.89. The first-order valence-corrected chi connectivity index (χ1v) is 8.50. The van der Waals surface area contributed by atoms with E-state index >= 15 is 0 Å². The molecule has 1 aliphatic rings. The van der Waals surface area contributed by atoms with Crippen molar-refractivity contribution in [3.05, 3.63) is 22.9 Å². The SMILES string of the molecule is CC(CS(C)=O)Nc1nc2c(cc1C(N)=S)CCC2. The van der Waals surface area contributed by atoms with E-state index in [9.17, 15) is 4.21 Å². The molecule has 6 heteroatoms. The van der Waals surface area contributed by atoms with E-state index in [4.69, 9.17) is 18.0 Å². The average Bonchev–Trinajstić information content (AvgIpc) is 2.73. The number of hydrogen-bond donors (Lipinski definition) is 2. The number of nitrogens with one attached hydrogen (secondary N) is 1. The molecular formula is C13H19N3OS2. The highest BCUT2D eigenvalue weighted by atomic mass is 32.2. The molecule has 0 radical (unpaired) electrons. The van der Waals surface area contributed by atoms with Gasteiger partial charge in [-0.2, -0.15) is 0 Å². The van der Waals surface area contributed by atoms with Crippen molar-refractivity contribution in [2.24, 2.45) is 5.73 Å². The normalized spacial score (nSPS) is 16.7. The minimum atomic E-state index is -0.840. The van der Waals surface area contributed by atoms with E-state index in [0.717, 1.165) is 36.3 Å². The molecule has 4 nitrogen and oxygen atoms in total. The van der Waals surface area contributed by atoms with Gasteiger partial charge >= 0.3 is 0 Å². The van der Waals surface area contributed by atoms with Crippen molar-refractivity contribution in [2.45, 2.75) is 32.2 Å². The first-order valence-electron chi connectivity index (χ1n) is 6.36. The number of anilines is 1. The van der Waals surface area contributed by atoms with Gasteiger partial charge in [0.1, 0.15) is 10.8 Å². The fraction of sp³-hybridized carbons (Fsp3) is 0.538. The van der Waals surface area contributed by atoms with Gasteiger partial charge < -0.3 is 11.1 Å². The molecule has 0 spiro atoms. The predicted molar refractivity (Wildman–Crippen MR) is 84.2 cm³/mol. The third-order valence-electron chi connectivity index (χ3n) is 3.18. The average molecular weight is 297 g/mol. The smallest absolute Gasteiger partial charge is 0.136 e. The Morgan fingerprint density at radius 3 is 3.00 bits per heavy atom. The Kier molecular flexibility index (Phi) is 4.52. The maximum Gasteiger partial charge on any atom is 0.136 e. The van der Waals surface area contributed by atoms with E-state index in [1.165, 1.54) is 5.56 Å². The van der Waals surface area contributed by atoms with Gasteiger partial charge in [-0.25, -0.2) is 4.98 Å². The van der Waals surface area contributed by atoms with Crippen molar-refractivity contribution in [1.29, 1.82) is 0 Å². The number of hydrogen-bond acceptors (Lipinski definition) is 4. The Bertz CT molecular complexity index is 531. The first-order chi connectivity index (χ1) is 8.97. The minimum Gasteiger partial charge on any atom is -0.389 e. The number of aromatic nitrogens is 1. The monoisotopic (exact) mass is 297 g/mol. The number of nitrogens with zero attached hydrogens (tertiary/aromatic N) is 1. The van der Waals surface area contributed by atoms with Gasteiger partial charge in [0.25, 0.3) is 0 Å². The molecule has 2 atom stereocenters. The summed E-state index contributed by atoms with van der Waals surface area (Å²) in [6.45, 7) is 1.99. The van der Waals surface area contributed by atoms with Crippen LogP contribution in [0.15, 0.2) is 6.07 Å². The highest BCUT2D eigenvalue weighted by Crippen LogP contribution is 2.25. The highest BCUT2D eigenvalue weighted by Gasteiger charge is 2.18. The maximum absolute atomic E-state index is 11.3. The van der Waals surface area contributed by atoms with Crippen molar-refractivity contribution in [3.63, 3.8) is 0 Å². The van der Waals surface area contributed by atoms with E-state index < -0.39 is 10.8 Å². The Labute approximate surface area is 121 Å². The summed E-state index contributed by atoms with van der Waals surface area (Å²) in [6, 6.07) is 2.13. The lowest BCUT2D eigenvalue weighted by Gasteiger charge is -2.17. The summed E-state index contributed by atoms with van der Waals surface area (Å²) in [4.78, 5) is 5.00. The molecule has 19 heavy (non-hydrogen) atoms. The molecule has 2 unspecified atom stereocenters. The second kappa shape index (κ2) is 5.96. The van der Waals surface area contributed by atoms with Gasteiger partial charge in [-0.05, 0) is 37.8 Å². The Balaban J connectivity index is 2.28. The Hall–Kier alpha value is -1.01. The first kappa shape index (κ1) is 14.4. The van der Waals surface area contributed by atoms with E-state index in [-0.39, 0.29) is 6.04 Å². The van der Waals surface area contributed by atoms with Gasteiger partial charge in [0.2, 0.25) is 0 Å². The van der Waals surface area contributed by atoms with E-state index in [0.29, 0.717) is 10.7 Å². The molecular weight excluding hydrogens is 278 g/mol. The van der Waals surface area contributed by atoms with E-state index in [1.807, 2.05) is 6.92 Å². The van der Waals surface area contributed by atoms with Gasteiger partial charge in [-0.3, -0.25) is 4.21 Å². The zero-order valence-corrected chi connectivity index (χ0v) is 12.9. The molecule has 1 aliphatic carbocycles. The lowest BCUT2D eigenvalue weighted by molar-refractivity contribution is 0.683. The molecule has 3 N–H and O–H groups in total. The molecule has 0 aliphatic heterocycles. The van der Waals surface area contributed by atoms with Crippen LogP contribution in [0.4, 0.5) is 5.82 Å². The van der Waals surface area contributed by atoms with Gasteiger partial charge in [0.05, 0.1) is 5.56 Å². The van der Waals surface area contributed by atoms with Crippen molar-refractivity contribution < 1.29 is 4.21 Å². The van der Waals surface area contributed by atoms with E-state index in [2.05, 4.69) is 16.4 Å². The molecule has 0 saturated carbocycles. The zero-order valence-electron chi connectivity index (χ0n) is 11.2. The summed E-state index contributed by atoms with van der Waals surface area (Å²) < 4.78 is 11.3. The van der Waals surface area contributed by atoms with Crippen LogP contribution in [-0.2, 0) is 23.6 Å². The fourth-order valence-corrected chi connectivity index (χ4v) is 3.34. The topological polar surface area (TPSA) is 68.0 Å². The van der Waals surface area contributed by atoms with Crippen molar-refractivity contribution in [1.82, 2.24) is 4.98 Å². The highest BCUT2D eigenvalue weighted by molar-refractivity contribution is 7.84. The molecule has 0 aromatic carbocycles. The number of rotatable bonds is 5. The van der Waals surface area contributed by atoms with E-state index in [1.54, 1.807) is 6.26 Å². The van der Waals surface area contributed by atoms with Crippen molar-refractivity contribution in [3.8, 4) is 0 Å². The van der Waals surface area contributed by atoms with Crippen molar-refractivity contribution in [2.75, 3.05) is 17.3 Å². The molecule has 0 bridgehead atoms. The van der Waals surface area contributed by atoms with Crippen LogP contribution in [0.5, 0.6) is 0 Å². The van der Waals surface area contributed by atoms with Crippen LogP contribution in [0.25, 0.3) is 0 Å².